The lowest BCUT2D eigenvalue weighted by atomic mass is 10.4. The minimum absolute atomic E-state index is 0.0179. The molecule has 0 radical (unpaired) electrons. The van der Waals surface area contributed by atoms with Crippen molar-refractivity contribution in [3.05, 3.63) is 32.7 Å². The van der Waals surface area contributed by atoms with Crippen molar-refractivity contribution in [2.45, 2.75) is 6.54 Å². The Morgan fingerprint density at radius 1 is 1.50 bits per heavy atom. The molecule has 0 aliphatic heterocycles. The molecule has 64 valence electrons. The minimum Gasteiger partial charge on any atom is -0.306 e. The normalized spacial score (nSPS) is 9.83. The monoisotopic (exact) mass is 205 g/mol. The molecule has 1 heterocycles. The zero-order valence-corrected chi connectivity index (χ0v) is 7.47. The molecular formula is C7H5Cl2NO2. The van der Waals surface area contributed by atoms with Crippen LogP contribution in [0.3, 0.4) is 0 Å². The molecule has 0 aliphatic rings. The van der Waals surface area contributed by atoms with E-state index in [0.29, 0.717) is 11.3 Å². The van der Waals surface area contributed by atoms with Crippen LogP contribution < -0.4 is 5.56 Å². The maximum Gasteiger partial charge on any atom is 0.269 e. The number of aromatic nitrogens is 1. The highest BCUT2D eigenvalue weighted by atomic mass is 35.5. The number of aldehydes is 1. The summed E-state index contributed by atoms with van der Waals surface area (Å²) in [6, 6.07) is 1.34. The van der Waals surface area contributed by atoms with Gasteiger partial charge in [-0.1, -0.05) is 23.2 Å². The summed E-state index contributed by atoms with van der Waals surface area (Å²) in [5, 5.41) is 0.353. The highest BCUT2D eigenvalue weighted by Crippen LogP contribution is 2.10. The Bertz CT molecular complexity index is 359. The lowest BCUT2D eigenvalue weighted by Gasteiger charge is -2.00. The van der Waals surface area contributed by atoms with Crippen molar-refractivity contribution in [3.63, 3.8) is 0 Å². The van der Waals surface area contributed by atoms with Crippen LogP contribution in [0.15, 0.2) is 17.1 Å². The number of halogens is 2. The molecular weight excluding hydrogens is 201 g/mol. The molecule has 0 saturated carbocycles. The molecule has 0 aromatic carbocycles. The second kappa shape index (κ2) is 3.74. The highest BCUT2D eigenvalue weighted by Gasteiger charge is 2.01. The molecule has 3 nitrogen and oxygen atoms in total. The fourth-order valence-electron chi connectivity index (χ4n) is 0.781. The number of carbonyl (C=O) groups excluding carboxylic acids is 1. The van der Waals surface area contributed by atoms with Crippen LogP contribution in [0.1, 0.15) is 0 Å². The van der Waals surface area contributed by atoms with E-state index in [-0.39, 0.29) is 11.6 Å². The van der Waals surface area contributed by atoms with Crippen molar-refractivity contribution in [1.82, 2.24) is 4.57 Å². The van der Waals surface area contributed by atoms with E-state index in [1.165, 1.54) is 12.3 Å². The third-order valence-electron chi connectivity index (χ3n) is 1.28. The summed E-state index contributed by atoms with van der Waals surface area (Å²) >= 11 is 11.1. The van der Waals surface area contributed by atoms with Crippen molar-refractivity contribution in [1.29, 1.82) is 0 Å². The highest BCUT2D eigenvalue weighted by molar-refractivity contribution is 6.34. The predicted octanol–water partition coefficient (Wildman–Crippen LogP) is 1.35. The van der Waals surface area contributed by atoms with E-state index in [2.05, 4.69) is 0 Å². The van der Waals surface area contributed by atoms with Crippen molar-refractivity contribution in [2.75, 3.05) is 0 Å². The van der Waals surface area contributed by atoms with Crippen LogP contribution in [0.2, 0.25) is 10.0 Å². The minimum atomic E-state index is -0.409. The van der Waals surface area contributed by atoms with Gasteiger partial charge in [-0.15, -0.1) is 0 Å². The molecule has 1 rings (SSSR count). The largest absolute Gasteiger partial charge is 0.306 e. The van der Waals surface area contributed by atoms with Crippen molar-refractivity contribution < 1.29 is 4.79 Å². The van der Waals surface area contributed by atoms with E-state index >= 15 is 0 Å². The second-order valence-corrected chi connectivity index (χ2v) is 2.97. The molecule has 0 N–H and O–H groups in total. The number of carbonyl (C=O) groups is 1. The topological polar surface area (TPSA) is 39.1 Å². The van der Waals surface area contributed by atoms with E-state index in [1.807, 2.05) is 0 Å². The lowest BCUT2D eigenvalue weighted by Crippen LogP contribution is -2.20. The van der Waals surface area contributed by atoms with Gasteiger partial charge in [0, 0.05) is 6.20 Å². The van der Waals surface area contributed by atoms with Crippen LogP contribution in [0.25, 0.3) is 0 Å². The second-order valence-electron chi connectivity index (χ2n) is 2.13. The van der Waals surface area contributed by atoms with Crippen LogP contribution >= 0.6 is 23.2 Å². The number of hydrogen-bond donors (Lipinski definition) is 0. The third kappa shape index (κ3) is 1.87. The van der Waals surface area contributed by atoms with E-state index in [9.17, 15) is 9.59 Å². The number of pyridine rings is 1. The fraction of sp³-hybridized carbons (Fsp3) is 0.143. The summed E-state index contributed by atoms with van der Waals surface area (Å²) in [6.45, 7) is -0.0287. The maximum absolute atomic E-state index is 11.1. The van der Waals surface area contributed by atoms with Gasteiger partial charge in [-0.25, -0.2) is 0 Å². The zero-order chi connectivity index (χ0) is 9.14. The van der Waals surface area contributed by atoms with Crippen LogP contribution in [-0.4, -0.2) is 10.9 Å². The summed E-state index contributed by atoms with van der Waals surface area (Å²) in [7, 11) is 0. The summed E-state index contributed by atoms with van der Waals surface area (Å²) in [5.41, 5.74) is -0.409. The predicted molar refractivity (Wildman–Crippen MR) is 46.8 cm³/mol. The first-order chi connectivity index (χ1) is 5.65. The molecule has 0 aliphatic carbocycles. The number of rotatable bonds is 2. The first kappa shape index (κ1) is 9.29. The van der Waals surface area contributed by atoms with Crippen LogP contribution in [0, 0.1) is 0 Å². The van der Waals surface area contributed by atoms with Crippen LogP contribution in [0.4, 0.5) is 0 Å². The SMILES string of the molecule is O=CCn1cc(Cl)cc(Cl)c1=O. The molecule has 1 aromatic heterocycles. The van der Waals surface area contributed by atoms with Gasteiger partial charge in [-0.05, 0) is 6.07 Å². The fourth-order valence-corrected chi connectivity index (χ4v) is 1.29. The smallest absolute Gasteiger partial charge is 0.269 e. The quantitative estimate of drug-likeness (QED) is 0.685. The molecule has 5 heteroatoms. The molecule has 0 unspecified atom stereocenters. The number of hydrogen-bond acceptors (Lipinski definition) is 2. The van der Waals surface area contributed by atoms with E-state index in [4.69, 9.17) is 23.2 Å². The Hall–Kier alpha value is -0.800. The Labute approximate surface area is 78.5 Å². The van der Waals surface area contributed by atoms with Gasteiger partial charge in [0.1, 0.15) is 11.3 Å². The summed E-state index contributed by atoms with van der Waals surface area (Å²) in [4.78, 5) is 21.2. The van der Waals surface area contributed by atoms with Crippen molar-refractivity contribution in [2.24, 2.45) is 0 Å². The van der Waals surface area contributed by atoms with Crippen molar-refractivity contribution in [3.8, 4) is 0 Å². The van der Waals surface area contributed by atoms with Crippen LogP contribution in [-0.2, 0) is 11.3 Å². The molecule has 12 heavy (non-hydrogen) atoms. The van der Waals surface area contributed by atoms with Gasteiger partial charge < -0.3 is 9.36 Å². The van der Waals surface area contributed by atoms with E-state index < -0.39 is 5.56 Å². The summed E-state index contributed by atoms with van der Waals surface area (Å²) < 4.78 is 1.15. The molecule has 0 spiro atoms. The van der Waals surface area contributed by atoms with Gasteiger partial charge in [0.05, 0.1) is 11.6 Å². The molecule has 0 atom stereocenters. The molecule has 0 saturated heterocycles. The van der Waals surface area contributed by atoms with Gasteiger partial charge in [-0.3, -0.25) is 4.79 Å². The van der Waals surface area contributed by atoms with E-state index in [1.54, 1.807) is 0 Å². The average molecular weight is 206 g/mol. The maximum atomic E-state index is 11.1. The molecule has 0 amide bonds. The van der Waals surface area contributed by atoms with Crippen LogP contribution in [0.5, 0.6) is 0 Å². The Morgan fingerprint density at radius 2 is 2.17 bits per heavy atom. The third-order valence-corrected chi connectivity index (χ3v) is 1.76. The van der Waals surface area contributed by atoms with Gasteiger partial charge >= 0.3 is 0 Å². The zero-order valence-electron chi connectivity index (χ0n) is 5.96. The van der Waals surface area contributed by atoms with Gasteiger partial charge in [0.25, 0.3) is 5.56 Å². The summed E-state index contributed by atoms with van der Waals surface area (Å²) in [5.74, 6) is 0. The van der Waals surface area contributed by atoms with E-state index in [0.717, 1.165) is 4.57 Å². The van der Waals surface area contributed by atoms with Crippen molar-refractivity contribution >= 4 is 29.5 Å². The van der Waals surface area contributed by atoms with Gasteiger partial charge in [0.15, 0.2) is 0 Å². The molecule has 0 fully saturated rings. The molecule has 1 aromatic rings. The van der Waals surface area contributed by atoms with Gasteiger partial charge in [0.2, 0.25) is 0 Å². The lowest BCUT2D eigenvalue weighted by molar-refractivity contribution is -0.108. The Kier molecular flexibility index (Phi) is 2.89. The average Bonchev–Trinajstić information content (AvgIpc) is 2.00. The number of nitrogens with zero attached hydrogens (tertiary/aromatic N) is 1. The Morgan fingerprint density at radius 3 is 2.75 bits per heavy atom. The Balaban J connectivity index is 3.27. The van der Waals surface area contributed by atoms with Gasteiger partial charge in [-0.2, -0.15) is 0 Å². The summed E-state index contributed by atoms with van der Waals surface area (Å²) in [6.07, 6.45) is 1.97. The first-order valence-electron chi connectivity index (χ1n) is 3.14. The standard InChI is InChI=1S/C7H5Cl2NO2/c8-5-3-6(9)7(12)10(4-5)1-2-11/h2-4H,1H2. The molecule has 0 bridgehead atoms. The first-order valence-corrected chi connectivity index (χ1v) is 3.90.